The number of nitriles is 1. The summed E-state index contributed by atoms with van der Waals surface area (Å²) in [7, 11) is 0. The van der Waals surface area contributed by atoms with Gasteiger partial charge in [0.25, 0.3) is 0 Å². The monoisotopic (exact) mass is 371 g/mol. The maximum absolute atomic E-state index is 13.5. The summed E-state index contributed by atoms with van der Waals surface area (Å²) in [6, 6.07) is 11.7. The van der Waals surface area contributed by atoms with Gasteiger partial charge in [-0.1, -0.05) is 36.4 Å². The van der Waals surface area contributed by atoms with E-state index in [1.807, 2.05) is 30.3 Å². The van der Waals surface area contributed by atoms with Gasteiger partial charge < -0.3 is 10.2 Å². The van der Waals surface area contributed by atoms with Gasteiger partial charge in [0.1, 0.15) is 0 Å². The first-order chi connectivity index (χ1) is 12.9. The van der Waals surface area contributed by atoms with Crippen molar-refractivity contribution in [1.82, 2.24) is 10.2 Å². The molecule has 0 saturated carbocycles. The van der Waals surface area contributed by atoms with Gasteiger partial charge in [-0.2, -0.15) is 18.4 Å². The topological polar surface area (TPSA) is 56.1 Å². The minimum atomic E-state index is -4.64. The second-order valence-corrected chi connectivity index (χ2v) is 6.92. The minimum Gasteiger partial charge on any atom is -0.322 e. The zero-order chi connectivity index (χ0) is 19.2. The second-order valence-electron chi connectivity index (χ2n) is 6.92. The quantitative estimate of drug-likeness (QED) is 0.864. The highest BCUT2D eigenvalue weighted by Crippen LogP contribution is 2.48. The molecule has 2 amide bonds. The van der Waals surface area contributed by atoms with Gasteiger partial charge in [0.05, 0.1) is 17.7 Å². The van der Waals surface area contributed by atoms with Gasteiger partial charge in [0.2, 0.25) is 0 Å². The molecule has 3 atom stereocenters. The van der Waals surface area contributed by atoms with E-state index in [0.29, 0.717) is 6.54 Å². The fourth-order valence-corrected chi connectivity index (χ4v) is 3.99. The number of amides is 2. The Morgan fingerprint density at radius 1 is 1.19 bits per heavy atom. The maximum Gasteiger partial charge on any atom is 0.412 e. The smallest absolute Gasteiger partial charge is 0.322 e. The minimum absolute atomic E-state index is 0.0984. The molecule has 0 radical (unpaired) electrons. The van der Waals surface area contributed by atoms with Crippen LogP contribution in [0.1, 0.15) is 34.3 Å². The molecule has 0 aromatic heterocycles. The highest BCUT2D eigenvalue weighted by Gasteiger charge is 2.49. The molecule has 1 aliphatic heterocycles. The van der Waals surface area contributed by atoms with Gasteiger partial charge in [-0.05, 0) is 35.2 Å². The molecule has 2 aliphatic rings. The van der Waals surface area contributed by atoms with Crippen LogP contribution in [0.25, 0.3) is 0 Å². The van der Waals surface area contributed by atoms with Gasteiger partial charge in [-0.25, -0.2) is 4.79 Å². The molecule has 1 heterocycles. The highest BCUT2D eigenvalue weighted by atomic mass is 19.4. The van der Waals surface area contributed by atoms with Crippen molar-refractivity contribution in [2.45, 2.75) is 24.7 Å². The molecule has 1 aliphatic carbocycles. The Morgan fingerprint density at radius 3 is 2.56 bits per heavy atom. The molecule has 2 aromatic rings. The fourth-order valence-electron chi connectivity index (χ4n) is 3.99. The van der Waals surface area contributed by atoms with Crippen molar-refractivity contribution < 1.29 is 18.0 Å². The average Bonchev–Trinajstić information content (AvgIpc) is 2.90. The van der Waals surface area contributed by atoms with Crippen molar-refractivity contribution in [3.63, 3.8) is 0 Å². The van der Waals surface area contributed by atoms with Crippen LogP contribution in [-0.4, -0.2) is 23.7 Å². The number of nitrogens with zero attached hydrogens (tertiary/aromatic N) is 2. The van der Waals surface area contributed by atoms with Gasteiger partial charge >= 0.3 is 12.2 Å². The first kappa shape index (κ1) is 17.4. The molecular formula is C20H16F3N3O. The first-order valence-corrected chi connectivity index (χ1v) is 8.60. The Hall–Kier alpha value is -3.01. The molecule has 2 aromatic carbocycles. The summed E-state index contributed by atoms with van der Waals surface area (Å²) in [4.78, 5) is 14.1. The van der Waals surface area contributed by atoms with E-state index in [4.69, 9.17) is 5.26 Å². The van der Waals surface area contributed by atoms with E-state index in [1.54, 1.807) is 0 Å². The number of halogens is 3. The number of rotatable bonds is 2. The maximum atomic E-state index is 13.5. The van der Waals surface area contributed by atoms with E-state index in [0.717, 1.165) is 17.5 Å². The van der Waals surface area contributed by atoms with Crippen LogP contribution < -0.4 is 5.32 Å². The summed E-state index contributed by atoms with van der Waals surface area (Å²) in [5, 5.41) is 10.9. The van der Waals surface area contributed by atoms with Gasteiger partial charge in [-0.15, -0.1) is 0 Å². The van der Waals surface area contributed by atoms with E-state index in [2.05, 4.69) is 5.32 Å². The Bertz CT molecular complexity index is 917. The number of nitrogens with one attached hydrogen (secondary N) is 1. The van der Waals surface area contributed by atoms with Gasteiger partial charge in [-0.3, -0.25) is 0 Å². The molecule has 0 bridgehead atoms. The second kappa shape index (κ2) is 6.31. The molecular weight excluding hydrogens is 355 g/mol. The number of benzene rings is 2. The zero-order valence-corrected chi connectivity index (χ0v) is 14.2. The van der Waals surface area contributed by atoms with Crippen LogP contribution in [0.4, 0.5) is 18.0 Å². The molecule has 0 spiro atoms. The summed E-state index contributed by atoms with van der Waals surface area (Å²) >= 11 is 0. The van der Waals surface area contributed by atoms with Crippen LogP contribution in [0, 0.1) is 17.2 Å². The number of hydrogen-bond donors (Lipinski definition) is 1. The highest BCUT2D eigenvalue weighted by molar-refractivity contribution is 5.77. The Kier molecular flexibility index (Phi) is 4.06. The van der Waals surface area contributed by atoms with Crippen molar-refractivity contribution >= 4 is 6.03 Å². The van der Waals surface area contributed by atoms with E-state index in [-0.39, 0.29) is 23.1 Å². The lowest BCUT2D eigenvalue weighted by molar-refractivity contribution is -0.156. The standard InChI is InChI=1S/C20H16F3N3O/c21-20(22,23)18(13-7-5-12(10-24)6-8-13)25-19(27)26-11-15-9-14-3-1-2-4-16(14)17(15)26/h1-8,15,17-18H,9,11H2,(H,25,27)/t15-,17+,18?/m0/s1. The molecule has 1 fully saturated rings. The van der Waals surface area contributed by atoms with Crippen LogP contribution in [0.15, 0.2) is 48.5 Å². The van der Waals surface area contributed by atoms with Crippen LogP contribution >= 0.6 is 0 Å². The van der Waals surface area contributed by atoms with Crippen molar-refractivity contribution in [3.05, 3.63) is 70.8 Å². The molecule has 1 unspecified atom stereocenters. The third-order valence-electron chi connectivity index (χ3n) is 5.30. The van der Waals surface area contributed by atoms with Crippen molar-refractivity contribution in [2.75, 3.05) is 6.54 Å². The van der Waals surface area contributed by atoms with Gasteiger partial charge in [0, 0.05) is 12.5 Å². The predicted molar refractivity (Wildman–Crippen MR) is 91.6 cm³/mol. The van der Waals surface area contributed by atoms with E-state index in [9.17, 15) is 18.0 Å². The third kappa shape index (κ3) is 3.01. The lowest BCUT2D eigenvalue weighted by Gasteiger charge is -2.45. The number of likely N-dealkylation sites (tertiary alicyclic amines) is 1. The number of hydrogen-bond acceptors (Lipinski definition) is 2. The summed E-state index contributed by atoms with van der Waals surface area (Å²) in [6.07, 6.45) is -3.79. The summed E-state index contributed by atoms with van der Waals surface area (Å²) < 4.78 is 40.6. The number of carbonyl (C=O) groups excluding carboxylic acids is 1. The van der Waals surface area contributed by atoms with E-state index >= 15 is 0 Å². The predicted octanol–water partition coefficient (Wildman–Crippen LogP) is 4.10. The molecule has 4 nitrogen and oxygen atoms in total. The molecule has 1 N–H and O–H groups in total. The lowest BCUT2D eigenvalue weighted by atomic mass is 9.89. The Balaban J connectivity index is 1.54. The van der Waals surface area contributed by atoms with Crippen LogP contribution in [0.5, 0.6) is 0 Å². The van der Waals surface area contributed by atoms with E-state index < -0.39 is 18.2 Å². The van der Waals surface area contributed by atoms with Crippen LogP contribution in [0.2, 0.25) is 0 Å². The molecule has 7 heteroatoms. The normalized spacial score (nSPS) is 21.5. The molecule has 138 valence electrons. The van der Waals surface area contributed by atoms with E-state index in [1.165, 1.54) is 29.2 Å². The van der Waals surface area contributed by atoms with Crippen LogP contribution in [0.3, 0.4) is 0 Å². The molecule has 4 rings (SSSR count). The SMILES string of the molecule is N#Cc1ccc(C(NC(=O)N2C[C@@H]3Cc4ccccc4[C@@H]32)C(F)(F)F)cc1. The number of fused-ring (bicyclic) bond motifs is 3. The van der Waals surface area contributed by atoms with Crippen molar-refractivity contribution in [2.24, 2.45) is 5.92 Å². The van der Waals surface area contributed by atoms with Gasteiger partial charge in [0.15, 0.2) is 6.04 Å². The number of alkyl halides is 3. The summed E-state index contributed by atoms with van der Waals surface area (Å²) in [6.45, 7) is 0.448. The summed E-state index contributed by atoms with van der Waals surface area (Å²) in [5.41, 5.74) is 2.34. The summed E-state index contributed by atoms with van der Waals surface area (Å²) in [5.74, 6) is 0.271. The average molecular weight is 371 g/mol. The molecule has 27 heavy (non-hydrogen) atoms. The fraction of sp³-hybridized carbons (Fsp3) is 0.300. The Labute approximate surface area is 154 Å². The third-order valence-corrected chi connectivity index (χ3v) is 5.30. The number of carbonyl (C=O) groups is 1. The zero-order valence-electron chi connectivity index (χ0n) is 14.2. The first-order valence-electron chi connectivity index (χ1n) is 8.60. The Morgan fingerprint density at radius 2 is 1.89 bits per heavy atom. The lowest BCUT2D eigenvalue weighted by Crippen LogP contribution is -2.56. The largest absolute Gasteiger partial charge is 0.412 e. The van der Waals surface area contributed by atoms with Crippen molar-refractivity contribution in [3.8, 4) is 6.07 Å². The van der Waals surface area contributed by atoms with Crippen LogP contribution in [-0.2, 0) is 6.42 Å². The number of urea groups is 1. The molecule has 1 saturated heterocycles. The van der Waals surface area contributed by atoms with Crippen molar-refractivity contribution in [1.29, 1.82) is 5.26 Å².